The molecule has 4 nitrogen and oxygen atoms in total. The Morgan fingerprint density at radius 3 is 2.70 bits per heavy atom. The van der Waals surface area contributed by atoms with Crippen LogP contribution in [0.4, 0.5) is 0 Å². The molecule has 2 fully saturated rings. The Kier molecular flexibility index (Phi) is 5.39. The van der Waals surface area contributed by atoms with Gasteiger partial charge in [0, 0.05) is 0 Å². The first-order valence-electron chi connectivity index (χ1n) is 8.26. The number of hydrogen-bond acceptors (Lipinski definition) is 4. The monoisotopic (exact) mass is 330 g/mol. The van der Waals surface area contributed by atoms with Gasteiger partial charge in [0.25, 0.3) is 5.91 Å². The van der Waals surface area contributed by atoms with Crippen molar-refractivity contribution in [3.63, 3.8) is 0 Å². The topological polar surface area (TPSA) is 50.7 Å². The molecule has 5 heteroatoms. The third-order valence-electron chi connectivity index (χ3n) is 4.01. The summed E-state index contributed by atoms with van der Waals surface area (Å²) >= 11 is 1.44. The molecule has 3 rings (SSSR count). The molecule has 1 saturated heterocycles. The second-order valence-electron chi connectivity index (χ2n) is 5.79. The zero-order valence-corrected chi connectivity index (χ0v) is 14.2. The van der Waals surface area contributed by atoms with Crippen LogP contribution in [0.2, 0.25) is 0 Å². The fourth-order valence-corrected chi connectivity index (χ4v) is 3.74. The van der Waals surface area contributed by atoms with Gasteiger partial charge in [-0.25, -0.2) is 0 Å². The van der Waals surface area contributed by atoms with Gasteiger partial charge in [0.15, 0.2) is 5.17 Å². The highest BCUT2D eigenvalue weighted by Gasteiger charge is 2.25. The molecule has 1 N–H and O–H groups in total. The highest BCUT2D eigenvalue weighted by atomic mass is 32.2. The molecule has 0 spiro atoms. The third kappa shape index (κ3) is 4.38. The van der Waals surface area contributed by atoms with Gasteiger partial charge in [-0.15, -0.1) is 0 Å². The van der Waals surface area contributed by atoms with Gasteiger partial charge in [0.1, 0.15) is 5.75 Å². The molecule has 0 bridgehead atoms. The molecule has 2 aliphatic rings. The number of carbonyl (C=O) groups is 1. The Hall–Kier alpha value is -1.75. The normalized spacial score (nSPS) is 22.6. The van der Waals surface area contributed by atoms with Crippen molar-refractivity contribution < 1.29 is 9.53 Å². The molecule has 1 aromatic carbocycles. The van der Waals surface area contributed by atoms with Crippen LogP contribution in [0.15, 0.2) is 34.2 Å². The Morgan fingerprint density at radius 1 is 1.26 bits per heavy atom. The summed E-state index contributed by atoms with van der Waals surface area (Å²) < 4.78 is 5.43. The second-order valence-corrected chi connectivity index (χ2v) is 6.82. The van der Waals surface area contributed by atoms with Gasteiger partial charge in [-0.05, 0) is 55.3 Å². The first kappa shape index (κ1) is 16.1. The first-order valence-corrected chi connectivity index (χ1v) is 9.08. The predicted molar refractivity (Wildman–Crippen MR) is 95.6 cm³/mol. The van der Waals surface area contributed by atoms with E-state index in [-0.39, 0.29) is 5.91 Å². The van der Waals surface area contributed by atoms with E-state index in [0.717, 1.165) is 29.3 Å². The predicted octanol–water partition coefficient (Wildman–Crippen LogP) is 3.98. The van der Waals surface area contributed by atoms with Gasteiger partial charge in [0.2, 0.25) is 0 Å². The van der Waals surface area contributed by atoms with Crippen LogP contribution < -0.4 is 10.1 Å². The van der Waals surface area contributed by atoms with Crippen molar-refractivity contribution in [2.75, 3.05) is 6.61 Å². The van der Waals surface area contributed by atoms with Crippen molar-refractivity contribution in [1.29, 1.82) is 0 Å². The van der Waals surface area contributed by atoms with Crippen LogP contribution in [0.1, 0.15) is 44.6 Å². The number of ether oxygens (including phenoxy) is 1. The Balaban J connectivity index is 1.68. The van der Waals surface area contributed by atoms with Gasteiger partial charge in [-0.2, -0.15) is 0 Å². The molecule has 0 radical (unpaired) electrons. The smallest absolute Gasteiger partial charge is 0.264 e. The molecule has 1 saturated carbocycles. The molecular weight excluding hydrogens is 308 g/mol. The lowest BCUT2D eigenvalue weighted by Crippen LogP contribution is -2.22. The van der Waals surface area contributed by atoms with Gasteiger partial charge in [-0.3, -0.25) is 9.79 Å². The van der Waals surface area contributed by atoms with E-state index in [9.17, 15) is 4.79 Å². The SMILES string of the molecule is CCOc1ccc(/C=C2/SC(=NC3CCCCC3)NC2=O)cc1. The van der Waals surface area contributed by atoms with E-state index in [1.165, 1.54) is 31.0 Å². The molecule has 0 aromatic heterocycles. The Bertz CT molecular complexity index is 616. The number of thioether (sulfide) groups is 1. The summed E-state index contributed by atoms with van der Waals surface area (Å²) in [5.41, 5.74) is 0.991. The second kappa shape index (κ2) is 7.68. The van der Waals surface area contributed by atoms with Crippen molar-refractivity contribution in [2.45, 2.75) is 45.1 Å². The molecule has 1 aromatic rings. The molecule has 1 aliphatic carbocycles. The number of carbonyl (C=O) groups excluding carboxylic acids is 1. The van der Waals surface area contributed by atoms with Crippen LogP contribution in [0, 0.1) is 0 Å². The molecule has 1 heterocycles. The Morgan fingerprint density at radius 2 is 2.00 bits per heavy atom. The van der Waals surface area contributed by atoms with Gasteiger partial charge >= 0.3 is 0 Å². The Labute approximate surface area is 141 Å². The van der Waals surface area contributed by atoms with E-state index in [1.54, 1.807) is 0 Å². The maximum absolute atomic E-state index is 12.1. The van der Waals surface area contributed by atoms with Crippen molar-refractivity contribution >= 4 is 28.9 Å². The zero-order valence-electron chi connectivity index (χ0n) is 13.4. The third-order valence-corrected chi connectivity index (χ3v) is 4.94. The number of hydrogen-bond donors (Lipinski definition) is 1. The van der Waals surface area contributed by atoms with Crippen molar-refractivity contribution in [3.05, 3.63) is 34.7 Å². The van der Waals surface area contributed by atoms with Crippen LogP contribution in [0.5, 0.6) is 5.75 Å². The standard InChI is InChI=1S/C18H22N2O2S/c1-2-22-15-10-8-13(9-11-15)12-16-17(21)20-18(23-16)19-14-6-4-3-5-7-14/h8-12,14H,2-7H2,1H3,(H,19,20,21)/b16-12+. The summed E-state index contributed by atoms with van der Waals surface area (Å²) in [5.74, 6) is 0.788. The highest BCUT2D eigenvalue weighted by molar-refractivity contribution is 8.18. The van der Waals surface area contributed by atoms with E-state index in [4.69, 9.17) is 9.73 Å². The summed E-state index contributed by atoms with van der Waals surface area (Å²) in [6.07, 6.45) is 7.97. The van der Waals surface area contributed by atoms with E-state index in [0.29, 0.717) is 17.6 Å². The van der Waals surface area contributed by atoms with Crippen LogP contribution in [0.3, 0.4) is 0 Å². The molecule has 1 aliphatic heterocycles. The minimum atomic E-state index is -0.0570. The minimum absolute atomic E-state index is 0.0570. The van der Waals surface area contributed by atoms with Crippen molar-refractivity contribution in [2.24, 2.45) is 4.99 Å². The van der Waals surface area contributed by atoms with E-state index in [1.807, 2.05) is 37.3 Å². The average molecular weight is 330 g/mol. The summed E-state index contributed by atoms with van der Waals surface area (Å²) in [4.78, 5) is 17.5. The van der Waals surface area contributed by atoms with Crippen LogP contribution in [0.25, 0.3) is 6.08 Å². The van der Waals surface area contributed by atoms with E-state index in [2.05, 4.69) is 5.32 Å². The molecule has 0 atom stereocenters. The minimum Gasteiger partial charge on any atom is -0.494 e. The maximum atomic E-state index is 12.1. The van der Waals surface area contributed by atoms with Gasteiger partial charge in [-0.1, -0.05) is 31.4 Å². The van der Waals surface area contributed by atoms with Crippen molar-refractivity contribution in [1.82, 2.24) is 5.32 Å². The van der Waals surface area contributed by atoms with Gasteiger partial charge < -0.3 is 10.1 Å². The van der Waals surface area contributed by atoms with Gasteiger partial charge in [0.05, 0.1) is 17.6 Å². The number of aliphatic imine (C=N–C) groups is 1. The summed E-state index contributed by atoms with van der Waals surface area (Å²) in [7, 11) is 0. The van der Waals surface area contributed by atoms with E-state index >= 15 is 0 Å². The number of benzene rings is 1. The number of rotatable bonds is 4. The summed E-state index contributed by atoms with van der Waals surface area (Å²) in [5, 5.41) is 3.63. The molecule has 0 unspecified atom stereocenters. The zero-order chi connectivity index (χ0) is 16.1. The molecule has 23 heavy (non-hydrogen) atoms. The average Bonchev–Trinajstić information content (AvgIpc) is 2.90. The van der Waals surface area contributed by atoms with Crippen LogP contribution >= 0.6 is 11.8 Å². The molecular formula is C18H22N2O2S. The maximum Gasteiger partial charge on any atom is 0.264 e. The first-order chi connectivity index (χ1) is 11.2. The number of amides is 1. The fraction of sp³-hybridized carbons (Fsp3) is 0.444. The lowest BCUT2D eigenvalue weighted by atomic mass is 9.96. The van der Waals surface area contributed by atoms with E-state index < -0.39 is 0 Å². The lowest BCUT2D eigenvalue weighted by Gasteiger charge is -2.17. The van der Waals surface area contributed by atoms with Crippen LogP contribution in [-0.2, 0) is 4.79 Å². The molecule has 122 valence electrons. The summed E-state index contributed by atoms with van der Waals surface area (Å²) in [6.45, 7) is 2.61. The van der Waals surface area contributed by atoms with Crippen LogP contribution in [-0.4, -0.2) is 23.7 Å². The number of nitrogens with one attached hydrogen (secondary N) is 1. The summed E-state index contributed by atoms with van der Waals surface area (Å²) in [6, 6.07) is 8.13. The number of amidine groups is 1. The fourth-order valence-electron chi connectivity index (χ4n) is 2.84. The lowest BCUT2D eigenvalue weighted by molar-refractivity contribution is -0.115. The largest absolute Gasteiger partial charge is 0.494 e. The highest BCUT2D eigenvalue weighted by Crippen LogP contribution is 2.29. The quantitative estimate of drug-likeness (QED) is 0.850. The number of nitrogens with zero attached hydrogens (tertiary/aromatic N) is 1. The molecule has 1 amide bonds. The van der Waals surface area contributed by atoms with Crippen molar-refractivity contribution in [3.8, 4) is 5.75 Å².